The predicted octanol–water partition coefficient (Wildman–Crippen LogP) is 3.30. The van der Waals surface area contributed by atoms with Crippen LogP contribution < -0.4 is 9.47 Å². The molecule has 25 heavy (non-hydrogen) atoms. The van der Waals surface area contributed by atoms with Gasteiger partial charge < -0.3 is 14.4 Å². The first-order chi connectivity index (χ1) is 12.1. The lowest BCUT2D eigenvalue weighted by Crippen LogP contribution is -2.49. The van der Waals surface area contributed by atoms with E-state index >= 15 is 0 Å². The fraction of sp³-hybridized carbons (Fsp3) is 0.632. The van der Waals surface area contributed by atoms with E-state index in [0.717, 1.165) is 61.5 Å². The molecule has 0 atom stereocenters. The van der Waals surface area contributed by atoms with Gasteiger partial charge in [0.15, 0.2) is 11.5 Å². The van der Waals surface area contributed by atoms with E-state index in [1.807, 2.05) is 6.07 Å². The van der Waals surface area contributed by atoms with Crippen molar-refractivity contribution in [3.63, 3.8) is 0 Å². The summed E-state index contributed by atoms with van der Waals surface area (Å²) in [6, 6.07) is 4.01. The maximum absolute atomic E-state index is 12.5. The molecule has 0 unspecified atom stereocenters. The van der Waals surface area contributed by atoms with Crippen LogP contribution in [0.3, 0.4) is 0 Å². The average molecular weight is 411 g/mol. The number of halogens is 1. The second-order valence-electron chi connectivity index (χ2n) is 6.86. The minimum atomic E-state index is 0.284. The molecule has 1 amide bonds. The lowest BCUT2D eigenvalue weighted by Gasteiger charge is -2.36. The Balaban J connectivity index is 1.58. The Kier molecular flexibility index (Phi) is 6.23. The lowest BCUT2D eigenvalue weighted by atomic mass is 10.1. The summed E-state index contributed by atoms with van der Waals surface area (Å²) in [5.74, 6) is 2.12. The fourth-order valence-electron chi connectivity index (χ4n) is 3.85. The zero-order chi connectivity index (χ0) is 17.8. The van der Waals surface area contributed by atoms with Gasteiger partial charge in [0.2, 0.25) is 5.91 Å². The van der Waals surface area contributed by atoms with Crippen LogP contribution in [-0.4, -0.2) is 56.1 Å². The number of amides is 1. The Morgan fingerprint density at radius 1 is 1.12 bits per heavy atom. The Hall–Kier alpha value is -1.27. The second-order valence-corrected chi connectivity index (χ2v) is 7.65. The van der Waals surface area contributed by atoms with Crippen molar-refractivity contribution in [3.8, 4) is 11.5 Å². The molecule has 0 spiro atoms. The minimum absolute atomic E-state index is 0.284. The molecule has 2 aliphatic rings. The van der Waals surface area contributed by atoms with E-state index in [0.29, 0.717) is 5.91 Å². The molecule has 0 aromatic heterocycles. The van der Waals surface area contributed by atoms with E-state index in [9.17, 15) is 4.79 Å². The summed E-state index contributed by atoms with van der Waals surface area (Å²) in [5.41, 5.74) is 1.17. The molecular weight excluding hydrogens is 384 g/mol. The van der Waals surface area contributed by atoms with Crippen molar-refractivity contribution in [3.05, 3.63) is 22.2 Å². The molecule has 5 nitrogen and oxygen atoms in total. The van der Waals surface area contributed by atoms with E-state index in [1.54, 1.807) is 14.2 Å². The molecule has 138 valence electrons. The second kappa shape index (κ2) is 8.41. The Morgan fingerprint density at radius 3 is 2.40 bits per heavy atom. The third-order valence-corrected chi connectivity index (χ3v) is 6.22. The SMILES string of the molecule is COc1ccc(CN2CCN(C(=O)C3CCCC3)CC2)c(Br)c1OC. The van der Waals surface area contributed by atoms with Crippen LogP contribution in [0.1, 0.15) is 31.2 Å². The van der Waals surface area contributed by atoms with Crippen LogP contribution in [0, 0.1) is 5.92 Å². The molecule has 3 rings (SSSR count). The Bertz CT molecular complexity index is 609. The molecule has 1 aromatic carbocycles. The first kappa shape index (κ1) is 18.5. The maximum atomic E-state index is 12.5. The summed E-state index contributed by atoms with van der Waals surface area (Å²) >= 11 is 3.64. The highest BCUT2D eigenvalue weighted by Crippen LogP contribution is 2.38. The highest BCUT2D eigenvalue weighted by Gasteiger charge is 2.29. The highest BCUT2D eigenvalue weighted by atomic mass is 79.9. The molecule has 6 heteroatoms. The smallest absolute Gasteiger partial charge is 0.225 e. The van der Waals surface area contributed by atoms with Gasteiger partial charge in [-0.15, -0.1) is 0 Å². The highest BCUT2D eigenvalue weighted by molar-refractivity contribution is 9.10. The van der Waals surface area contributed by atoms with Crippen molar-refractivity contribution < 1.29 is 14.3 Å². The summed E-state index contributed by atoms with van der Waals surface area (Å²) < 4.78 is 11.7. The summed E-state index contributed by atoms with van der Waals surface area (Å²) in [6.07, 6.45) is 4.59. The van der Waals surface area contributed by atoms with Crippen molar-refractivity contribution in [2.24, 2.45) is 5.92 Å². The number of carbonyl (C=O) groups is 1. The van der Waals surface area contributed by atoms with Crippen LogP contribution in [0.2, 0.25) is 0 Å². The summed E-state index contributed by atoms with van der Waals surface area (Å²) in [7, 11) is 3.30. The summed E-state index contributed by atoms with van der Waals surface area (Å²) in [5, 5.41) is 0. The van der Waals surface area contributed by atoms with Crippen LogP contribution in [-0.2, 0) is 11.3 Å². The van der Waals surface area contributed by atoms with Crippen molar-refractivity contribution in [2.75, 3.05) is 40.4 Å². The van der Waals surface area contributed by atoms with E-state index < -0.39 is 0 Å². The number of hydrogen-bond acceptors (Lipinski definition) is 4. The third kappa shape index (κ3) is 4.11. The number of rotatable bonds is 5. The van der Waals surface area contributed by atoms with Crippen molar-refractivity contribution >= 4 is 21.8 Å². The van der Waals surface area contributed by atoms with Crippen LogP contribution in [0.25, 0.3) is 0 Å². The minimum Gasteiger partial charge on any atom is -0.493 e. The van der Waals surface area contributed by atoms with Gasteiger partial charge in [-0.05, 0) is 40.4 Å². The molecule has 1 heterocycles. The van der Waals surface area contributed by atoms with Gasteiger partial charge in [-0.2, -0.15) is 0 Å². The first-order valence-electron chi connectivity index (χ1n) is 9.04. The standard InChI is InChI=1S/C19H27BrN2O3/c1-24-16-8-7-15(17(20)18(16)25-2)13-21-9-11-22(12-10-21)19(23)14-5-3-4-6-14/h7-8,14H,3-6,9-13H2,1-2H3. The van der Waals surface area contributed by atoms with Gasteiger partial charge in [-0.1, -0.05) is 18.9 Å². The van der Waals surface area contributed by atoms with E-state index in [2.05, 4.69) is 31.8 Å². The lowest BCUT2D eigenvalue weighted by molar-refractivity contribution is -0.137. The summed E-state index contributed by atoms with van der Waals surface area (Å²) in [4.78, 5) is 17.0. The van der Waals surface area contributed by atoms with Gasteiger partial charge in [0.05, 0.1) is 18.7 Å². The van der Waals surface area contributed by atoms with E-state index in [4.69, 9.17) is 9.47 Å². The third-order valence-electron chi connectivity index (χ3n) is 5.35. The number of benzene rings is 1. The molecular formula is C19H27BrN2O3. The van der Waals surface area contributed by atoms with E-state index in [1.165, 1.54) is 18.4 Å². The molecule has 0 bridgehead atoms. The average Bonchev–Trinajstić information content (AvgIpc) is 3.18. The molecule has 1 aliphatic heterocycles. The van der Waals surface area contributed by atoms with E-state index in [-0.39, 0.29) is 5.92 Å². The van der Waals surface area contributed by atoms with Gasteiger partial charge in [0.25, 0.3) is 0 Å². The van der Waals surface area contributed by atoms with Crippen LogP contribution >= 0.6 is 15.9 Å². The number of carbonyl (C=O) groups excluding carboxylic acids is 1. The molecule has 1 saturated heterocycles. The molecule has 1 aliphatic carbocycles. The first-order valence-corrected chi connectivity index (χ1v) is 9.84. The van der Waals surface area contributed by atoms with Crippen LogP contribution in [0.4, 0.5) is 0 Å². The van der Waals surface area contributed by atoms with Gasteiger partial charge in [-0.3, -0.25) is 9.69 Å². The number of ether oxygens (including phenoxy) is 2. The summed E-state index contributed by atoms with van der Waals surface area (Å²) in [6.45, 7) is 4.34. The predicted molar refractivity (Wildman–Crippen MR) is 101 cm³/mol. The number of hydrogen-bond donors (Lipinski definition) is 0. The van der Waals surface area contributed by atoms with Crippen molar-refractivity contribution in [1.29, 1.82) is 0 Å². The number of methoxy groups -OCH3 is 2. The molecule has 1 aromatic rings. The van der Waals surface area contributed by atoms with Crippen LogP contribution in [0.15, 0.2) is 16.6 Å². The van der Waals surface area contributed by atoms with Gasteiger partial charge >= 0.3 is 0 Å². The molecule has 0 N–H and O–H groups in total. The topological polar surface area (TPSA) is 42.0 Å². The quantitative estimate of drug-likeness (QED) is 0.746. The van der Waals surface area contributed by atoms with Crippen molar-refractivity contribution in [2.45, 2.75) is 32.2 Å². The Labute approximate surface area is 158 Å². The van der Waals surface area contributed by atoms with Crippen LogP contribution in [0.5, 0.6) is 11.5 Å². The number of nitrogens with zero attached hydrogens (tertiary/aromatic N) is 2. The molecule has 1 saturated carbocycles. The monoisotopic (exact) mass is 410 g/mol. The fourth-order valence-corrected chi connectivity index (χ4v) is 4.47. The molecule has 2 fully saturated rings. The number of piperazine rings is 1. The zero-order valence-electron chi connectivity index (χ0n) is 15.1. The normalized spacial score (nSPS) is 19.2. The largest absolute Gasteiger partial charge is 0.493 e. The van der Waals surface area contributed by atoms with Crippen molar-refractivity contribution in [1.82, 2.24) is 9.80 Å². The van der Waals surface area contributed by atoms with Gasteiger partial charge in [0.1, 0.15) is 0 Å². The van der Waals surface area contributed by atoms with Gasteiger partial charge in [0, 0.05) is 38.6 Å². The Morgan fingerprint density at radius 2 is 1.80 bits per heavy atom. The zero-order valence-corrected chi connectivity index (χ0v) is 16.7. The molecule has 0 radical (unpaired) electrons. The van der Waals surface area contributed by atoms with Gasteiger partial charge in [-0.25, -0.2) is 0 Å². The maximum Gasteiger partial charge on any atom is 0.225 e.